The van der Waals surface area contributed by atoms with Crippen LogP contribution < -0.4 is 10.6 Å². The highest BCUT2D eigenvalue weighted by atomic mass is 16.1. The number of nitrogens with one attached hydrogen (secondary N) is 2. The fourth-order valence-electron chi connectivity index (χ4n) is 2.99. The maximum absolute atomic E-state index is 12.0. The molecule has 1 amide bonds. The van der Waals surface area contributed by atoms with Gasteiger partial charge in [0.2, 0.25) is 5.91 Å². The highest BCUT2D eigenvalue weighted by Gasteiger charge is 2.15. The van der Waals surface area contributed by atoms with Gasteiger partial charge < -0.3 is 10.6 Å². The van der Waals surface area contributed by atoms with E-state index in [0.29, 0.717) is 19.0 Å². The number of amides is 1. The summed E-state index contributed by atoms with van der Waals surface area (Å²) in [6, 6.07) is 8.24. The molecule has 0 aliphatic heterocycles. The van der Waals surface area contributed by atoms with E-state index in [1.165, 1.54) is 19.3 Å². The second-order valence-electron chi connectivity index (χ2n) is 5.82. The summed E-state index contributed by atoms with van der Waals surface area (Å²) in [5, 5.41) is 7.36. The van der Waals surface area contributed by atoms with Crippen molar-refractivity contribution < 1.29 is 4.79 Å². The lowest BCUT2D eigenvalue weighted by Gasteiger charge is -2.22. The SMILES string of the molecule is O=C(CCNc1ncnc2ccccc12)NC1CCCCC1. The summed E-state index contributed by atoms with van der Waals surface area (Å²) < 4.78 is 0. The number of nitrogens with zero attached hydrogens (tertiary/aromatic N) is 2. The molecule has 0 spiro atoms. The number of rotatable bonds is 5. The molecule has 0 unspecified atom stereocenters. The summed E-state index contributed by atoms with van der Waals surface area (Å²) in [7, 11) is 0. The average molecular weight is 298 g/mol. The lowest BCUT2D eigenvalue weighted by Crippen LogP contribution is -2.36. The van der Waals surface area contributed by atoms with Crippen LogP contribution in [0.25, 0.3) is 10.9 Å². The normalized spacial score (nSPS) is 15.6. The minimum absolute atomic E-state index is 0.123. The topological polar surface area (TPSA) is 66.9 Å². The second kappa shape index (κ2) is 7.20. The van der Waals surface area contributed by atoms with Gasteiger partial charge >= 0.3 is 0 Å². The van der Waals surface area contributed by atoms with Crippen LogP contribution in [-0.2, 0) is 4.79 Å². The number of hydrogen-bond acceptors (Lipinski definition) is 4. The van der Waals surface area contributed by atoms with E-state index in [0.717, 1.165) is 29.6 Å². The van der Waals surface area contributed by atoms with E-state index in [1.54, 1.807) is 6.33 Å². The first kappa shape index (κ1) is 14.8. The van der Waals surface area contributed by atoms with E-state index in [4.69, 9.17) is 0 Å². The van der Waals surface area contributed by atoms with Crippen molar-refractivity contribution in [3.8, 4) is 0 Å². The maximum atomic E-state index is 12.0. The smallest absolute Gasteiger partial charge is 0.221 e. The molecule has 0 bridgehead atoms. The first-order valence-electron chi connectivity index (χ1n) is 8.06. The fraction of sp³-hybridized carbons (Fsp3) is 0.471. The van der Waals surface area contributed by atoms with Crippen LogP contribution in [0.4, 0.5) is 5.82 Å². The summed E-state index contributed by atoms with van der Waals surface area (Å²) in [5.41, 5.74) is 0.909. The van der Waals surface area contributed by atoms with Crippen molar-refractivity contribution in [2.75, 3.05) is 11.9 Å². The predicted octanol–water partition coefficient (Wildman–Crippen LogP) is 2.88. The molecule has 116 valence electrons. The standard InChI is InChI=1S/C17H22N4O/c22-16(21-13-6-2-1-3-7-13)10-11-18-17-14-8-4-5-9-15(14)19-12-20-17/h4-5,8-9,12-13H,1-3,6-7,10-11H2,(H,21,22)(H,18,19,20). The molecule has 0 saturated heterocycles. The van der Waals surface area contributed by atoms with E-state index < -0.39 is 0 Å². The number of benzene rings is 1. The van der Waals surface area contributed by atoms with Crippen molar-refractivity contribution >= 4 is 22.6 Å². The lowest BCUT2D eigenvalue weighted by molar-refractivity contribution is -0.121. The Balaban J connectivity index is 1.50. The molecule has 5 nitrogen and oxygen atoms in total. The monoisotopic (exact) mass is 298 g/mol. The van der Waals surface area contributed by atoms with Crippen LogP contribution in [0.15, 0.2) is 30.6 Å². The number of anilines is 1. The first-order valence-corrected chi connectivity index (χ1v) is 8.06. The molecule has 1 aromatic carbocycles. The minimum Gasteiger partial charge on any atom is -0.369 e. The lowest BCUT2D eigenvalue weighted by atomic mass is 9.95. The van der Waals surface area contributed by atoms with Gasteiger partial charge in [-0.15, -0.1) is 0 Å². The molecule has 1 aliphatic carbocycles. The Morgan fingerprint density at radius 1 is 1.14 bits per heavy atom. The van der Waals surface area contributed by atoms with E-state index in [9.17, 15) is 4.79 Å². The number of para-hydroxylation sites is 1. The molecule has 1 heterocycles. The van der Waals surface area contributed by atoms with Crippen molar-refractivity contribution in [1.82, 2.24) is 15.3 Å². The molecule has 1 fully saturated rings. The van der Waals surface area contributed by atoms with Gasteiger partial charge in [-0.05, 0) is 25.0 Å². The van der Waals surface area contributed by atoms with Gasteiger partial charge in [0.05, 0.1) is 5.52 Å². The van der Waals surface area contributed by atoms with Gasteiger partial charge in [-0.3, -0.25) is 4.79 Å². The Hall–Kier alpha value is -2.17. The van der Waals surface area contributed by atoms with E-state index >= 15 is 0 Å². The summed E-state index contributed by atoms with van der Waals surface area (Å²) in [6.45, 7) is 0.583. The molecule has 1 aliphatic rings. The van der Waals surface area contributed by atoms with Gasteiger partial charge in [0, 0.05) is 24.4 Å². The van der Waals surface area contributed by atoms with E-state index in [1.807, 2.05) is 24.3 Å². The van der Waals surface area contributed by atoms with Gasteiger partial charge in [0.25, 0.3) is 0 Å². The van der Waals surface area contributed by atoms with Crippen LogP contribution in [-0.4, -0.2) is 28.5 Å². The minimum atomic E-state index is 0.123. The highest BCUT2D eigenvalue weighted by Crippen LogP contribution is 2.19. The summed E-state index contributed by atoms with van der Waals surface area (Å²) in [6.07, 6.45) is 8.02. The van der Waals surface area contributed by atoms with Crippen molar-refractivity contribution in [2.45, 2.75) is 44.6 Å². The molecule has 22 heavy (non-hydrogen) atoms. The van der Waals surface area contributed by atoms with Gasteiger partial charge in [-0.2, -0.15) is 0 Å². The van der Waals surface area contributed by atoms with E-state index in [2.05, 4.69) is 20.6 Å². The molecule has 2 aromatic rings. The number of aromatic nitrogens is 2. The maximum Gasteiger partial charge on any atom is 0.221 e. The van der Waals surface area contributed by atoms with Crippen LogP contribution in [0.5, 0.6) is 0 Å². The third-order valence-electron chi connectivity index (χ3n) is 4.16. The number of carbonyl (C=O) groups is 1. The fourth-order valence-corrected chi connectivity index (χ4v) is 2.99. The Morgan fingerprint density at radius 3 is 2.82 bits per heavy atom. The summed E-state index contributed by atoms with van der Waals surface area (Å²) in [4.78, 5) is 20.5. The Bertz CT molecular complexity index is 632. The van der Waals surface area contributed by atoms with Crippen LogP contribution in [0.2, 0.25) is 0 Å². The van der Waals surface area contributed by atoms with Gasteiger partial charge in [-0.25, -0.2) is 9.97 Å². The first-order chi connectivity index (χ1) is 10.8. The molecule has 5 heteroatoms. The van der Waals surface area contributed by atoms with Crippen LogP contribution in [0.3, 0.4) is 0 Å². The van der Waals surface area contributed by atoms with Crippen molar-refractivity contribution in [2.24, 2.45) is 0 Å². The van der Waals surface area contributed by atoms with Crippen molar-refractivity contribution in [3.05, 3.63) is 30.6 Å². The van der Waals surface area contributed by atoms with Crippen molar-refractivity contribution in [1.29, 1.82) is 0 Å². The second-order valence-corrected chi connectivity index (χ2v) is 5.82. The zero-order chi connectivity index (χ0) is 15.2. The molecular formula is C17H22N4O. The molecular weight excluding hydrogens is 276 g/mol. The molecule has 0 atom stereocenters. The number of carbonyl (C=O) groups excluding carboxylic acids is 1. The molecule has 1 saturated carbocycles. The molecule has 3 rings (SSSR count). The number of fused-ring (bicyclic) bond motifs is 1. The third-order valence-corrected chi connectivity index (χ3v) is 4.16. The van der Waals surface area contributed by atoms with Crippen molar-refractivity contribution in [3.63, 3.8) is 0 Å². The summed E-state index contributed by atoms with van der Waals surface area (Å²) >= 11 is 0. The van der Waals surface area contributed by atoms with Crippen LogP contribution in [0, 0.1) is 0 Å². The molecule has 0 radical (unpaired) electrons. The van der Waals surface area contributed by atoms with Gasteiger partial charge in [-0.1, -0.05) is 31.4 Å². The number of hydrogen-bond donors (Lipinski definition) is 2. The third kappa shape index (κ3) is 3.72. The van der Waals surface area contributed by atoms with Gasteiger partial charge in [0.1, 0.15) is 12.1 Å². The Kier molecular flexibility index (Phi) is 4.83. The quantitative estimate of drug-likeness (QED) is 0.890. The van der Waals surface area contributed by atoms with Gasteiger partial charge in [0.15, 0.2) is 0 Å². The predicted molar refractivity (Wildman–Crippen MR) is 87.7 cm³/mol. The molecule has 1 aromatic heterocycles. The zero-order valence-corrected chi connectivity index (χ0v) is 12.7. The Labute approximate surface area is 130 Å². The van der Waals surface area contributed by atoms with E-state index in [-0.39, 0.29) is 5.91 Å². The van der Waals surface area contributed by atoms with Crippen LogP contribution >= 0.6 is 0 Å². The summed E-state index contributed by atoms with van der Waals surface area (Å²) in [5.74, 6) is 0.911. The average Bonchev–Trinajstić information content (AvgIpc) is 2.56. The molecule has 2 N–H and O–H groups in total. The Morgan fingerprint density at radius 2 is 1.95 bits per heavy atom. The highest BCUT2D eigenvalue weighted by molar-refractivity contribution is 5.88. The zero-order valence-electron chi connectivity index (χ0n) is 12.7. The largest absolute Gasteiger partial charge is 0.369 e. The van der Waals surface area contributed by atoms with Crippen LogP contribution in [0.1, 0.15) is 38.5 Å².